The van der Waals surface area contributed by atoms with E-state index in [1.165, 1.54) is 24.3 Å². The van der Waals surface area contributed by atoms with Gasteiger partial charge in [-0.25, -0.2) is 4.39 Å². The third-order valence-electron chi connectivity index (χ3n) is 3.98. The van der Waals surface area contributed by atoms with Crippen molar-refractivity contribution in [3.8, 4) is 17.6 Å². The van der Waals surface area contributed by atoms with E-state index in [-0.39, 0.29) is 29.6 Å². The molecule has 1 heterocycles. The first kappa shape index (κ1) is 19.3. The van der Waals surface area contributed by atoms with Crippen molar-refractivity contribution >= 4 is 11.8 Å². The molecule has 28 heavy (non-hydrogen) atoms. The van der Waals surface area contributed by atoms with Crippen LogP contribution in [0.2, 0.25) is 0 Å². The van der Waals surface area contributed by atoms with Crippen molar-refractivity contribution in [1.29, 1.82) is 5.26 Å². The maximum absolute atomic E-state index is 13.0. The van der Waals surface area contributed by atoms with E-state index in [0.717, 1.165) is 0 Å². The topological polar surface area (TPSA) is 66.6 Å². The zero-order valence-electron chi connectivity index (χ0n) is 14.7. The van der Waals surface area contributed by atoms with E-state index in [0.29, 0.717) is 29.5 Å². The molecule has 0 amide bonds. The van der Waals surface area contributed by atoms with Crippen molar-refractivity contribution in [2.45, 2.75) is 26.1 Å². The van der Waals surface area contributed by atoms with Gasteiger partial charge in [-0.05, 0) is 53.8 Å². The normalized spacial score (nSPS) is 13.7. The van der Waals surface area contributed by atoms with Gasteiger partial charge < -0.3 is 9.47 Å². The van der Waals surface area contributed by atoms with Crippen LogP contribution in [0, 0.1) is 17.1 Å². The number of halogens is 3. The molecule has 3 rings (SSSR count). The summed E-state index contributed by atoms with van der Waals surface area (Å²) in [5.41, 5.74) is 4.72. The Labute approximate surface area is 159 Å². The SMILES string of the molecule is N#CC1=C(c2cc(OCc3ccc(F)cc3)cc(OC(F)F)c2)CCC=NN1. The summed E-state index contributed by atoms with van der Waals surface area (Å²) in [4.78, 5) is 0. The van der Waals surface area contributed by atoms with Crippen LogP contribution >= 0.6 is 0 Å². The van der Waals surface area contributed by atoms with Crippen LogP contribution in [-0.4, -0.2) is 12.8 Å². The van der Waals surface area contributed by atoms with Gasteiger partial charge in [-0.15, -0.1) is 0 Å². The largest absolute Gasteiger partial charge is 0.489 e. The number of hydrazone groups is 1. The van der Waals surface area contributed by atoms with Gasteiger partial charge in [0.25, 0.3) is 0 Å². The molecule has 0 fully saturated rings. The number of benzene rings is 2. The van der Waals surface area contributed by atoms with Crippen LogP contribution in [0.3, 0.4) is 0 Å². The Morgan fingerprint density at radius 3 is 2.61 bits per heavy atom. The zero-order chi connectivity index (χ0) is 19.9. The maximum Gasteiger partial charge on any atom is 0.387 e. The highest BCUT2D eigenvalue weighted by Gasteiger charge is 2.15. The van der Waals surface area contributed by atoms with E-state index in [2.05, 4.69) is 15.3 Å². The molecule has 2 aromatic carbocycles. The first-order chi connectivity index (χ1) is 13.5. The van der Waals surface area contributed by atoms with Gasteiger partial charge in [0.05, 0.1) is 0 Å². The number of hydrogen-bond acceptors (Lipinski definition) is 5. The third kappa shape index (κ3) is 5.04. The minimum Gasteiger partial charge on any atom is -0.489 e. The van der Waals surface area contributed by atoms with Crippen LogP contribution in [0.1, 0.15) is 24.0 Å². The molecule has 0 saturated heterocycles. The van der Waals surface area contributed by atoms with Crippen molar-refractivity contribution in [1.82, 2.24) is 5.43 Å². The van der Waals surface area contributed by atoms with Crippen LogP contribution in [0.15, 0.2) is 53.3 Å². The lowest BCUT2D eigenvalue weighted by atomic mass is 9.99. The predicted molar refractivity (Wildman–Crippen MR) is 97.2 cm³/mol. The van der Waals surface area contributed by atoms with Gasteiger partial charge in [0.15, 0.2) is 0 Å². The monoisotopic (exact) mass is 387 g/mol. The number of ether oxygens (including phenoxy) is 2. The van der Waals surface area contributed by atoms with E-state index in [1.54, 1.807) is 24.4 Å². The van der Waals surface area contributed by atoms with Crippen molar-refractivity contribution in [3.63, 3.8) is 0 Å². The van der Waals surface area contributed by atoms with E-state index in [9.17, 15) is 18.4 Å². The standard InChI is InChI=1S/C20H16F3N3O2/c21-15-5-3-13(4-6-15)12-27-16-8-14(9-17(10-16)28-20(22)23)18-2-1-7-25-26-19(18)11-24/h3-10,20,26H,1-2,12H2. The van der Waals surface area contributed by atoms with Crippen LogP contribution in [0.5, 0.6) is 11.5 Å². The molecule has 144 valence electrons. The van der Waals surface area contributed by atoms with Gasteiger partial charge in [0, 0.05) is 12.3 Å². The van der Waals surface area contributed by atoms with Crippen LogP contribution in [0.4, 0.5) is 13.2 Å². The summed E-state index contributed by atoms with van der Waals surface area (Å²) in [5.74, 6) is -0.165. The lowest BCUT2D eigenvalue weighted by Gasteiger charge is -2.14. The molecule has 0 aliphatic carbocycles. The first-order valence-electron chi connectivity index (χ1n) is 8.43. The fourth-order valence-electron chi connectivity index (χ4n) is 2.70. The second-order valence-corrected chi connectivity index (χ2v) is 5.91. The quantitative estimate of drug-likeness (QED) is 0.786. The Hall–Kier alpha value is -3.47. The molecule has 0 aromatic heterocycles. The molecule has 0 bridgehead atoms. The summed E-state index contributed by atoms with van der Waals surface area (Å²) in [7, 11) is 0. The molecule has 5 nitrogen and oxygen atoms in total. The van der Waals surface area contributed by atoms with Crippen molar-refractivity contribution < 1.29 is 22.6 Å². The number of nitrogens with one attached hydrogen (secondary N) is 1. The Kier molecular flexibility index (Phi) is 6.17. The highest BCUT2D eigenvalue weighted by Crippen LogP contribution is 2.32. The molecule has 0 saturated carbocycles. The maximum atomic E-state index is 13.0. The summed E-state index contributed by atoms with van der Waals surface area (Å²) in [6, 6.07) is 12.2. The summed E-state index contributed by atoms with van der Waals surface area (Å²) < 4.78 is 48.7. The predicted octanol–water partition coefficient (Wildman–Crippen LogP) is 4.61. The molecular formula is C20H16F3N3O2. The van der Waals surface area contributed by atoms with Gasteiger partial charge in [0.1, 0.15) is 35.7 Å². The lowest BCUT2D eigenvalue weighted by molar-refractivity contribution is -0.0499. The minimum absolute atomic E-state index is 0.0865. The fourth-order valence-corrected chi connectivity index (χ4v) is 2.70. The van der Waals surface area contributed by atoms with Gasteiger partial charge in [0.2, 0.25) is 0 Å². The first-order valence-corrected chi connectivity index (χ1v) is 8.43. The lowest BCUT2D eigenvalue weighted by Crippen LogP contribution is -2.06. The molecule has 2 aromatic rings. The molecule has 1 aliphatic heterocycles. The van der Waals surface area contributed by atoms with Gasteiger partial charge >= 0.3 is 6.61 Å². The van der Waals surface area contributed by atoms with Crippen LogP contribution in [0.25, 0.3) is 5.57 Å². The smallest absolute Gasteiger partial charge is 0.387 e. The van der Waals surface area contributed by atoms with Gasteiger partial charge in [-0.1, -0.05) is 12.1 Å². The van der Waals surface area contributed by atoms with Crippen molar-refractivity contribution in [2.75, 3.05) is 0 Å². The Morgan fingerprint density at radius 1 is 1.14 bits per heavy atom. The van der Waals surface area contributed by atoms with Gasteiger partial charge in [-0.3, -0.25) is 5.43 Å². The van der Waals surface area contributed by atoms with E-state index in [1.807, 2.05) is 6.07 Å². The van der Waals surface area contributed by atoms with Crippen molar-refractivity contribution in [3.05, 3.63) is 65.1 Å². The minimum atomic E-state index is -3.00. The van der Waals surface area contributed by atoms with Crippen LogP contribution in [-0.2, 0) is 6.61 Å². The summed E-state index contributed by atoms with van der Waals surface area (Å²) in [5, 5.41) is 13.3. The molecule has 1 aliphatic rings. The number of rotatable bonds is 6. The number of nitriles is 1. The van der Waals surface area contributed by atoms with E-state index in [4.69, 9.17) is 4.74 Å². The average Bonchev–Trinajstić information content (AvgIpc) is 2.92. The second-order valence-electron chi connectivity index (χ2n) is 5.91. The summed E-state index contributed by atoms with van der Waals surface area (Å²) in [6.45, 7) is -2.89. The molecule has 1 N–H and O–H groups in total. The third-order valence-corrected chi connectivity index (χ3v) is 3.98. The summed E-state index contributed by atoms with van der Waals surface area (Å²) in [6.07, 6.45) is 2.71. The van der Waals surface area contributed by atoms with Gasteiger partial charge in [-0.2, -0.15) is 19.1 Å². The number of nitrogens with zero attached hydrogens (tertiary/aromatic N) is 2. The molecule has 0 spiro atoms. The summed E-state index contributed by atoms with van der Waals surface area (Å²) >= 11 is 0. The molecule has 0 atom stereocenters. The zero-order valence-corrected chi connectivity index (χ0v) is 14.7. The molecular weight excluding hydrogens is 371 g/mol. The second kappa shape index (κ2) is 8.95. The fraction of sp³-hybridized carbons (Fsp3) is 0.200. The Balaban J connectivity index is 1.91. The van der Waals surface area contributed by atoms with E-state index >= 15 is 0 Å². The van der Waals surface area contributed by atoms with Crippen molar-refractivity contribution in [2.24, 2.45) is 5.10 Å². The molecule has 0 radical (unpaired) electrons. The van der Waals surface area contributed by atoms with Crippen LogP contribution < -0.4 is 14.9 Å². The number of hydrogen-bond donors (Lipinski definition) is 1. The highest BCUT2D eigenvalue weighted by molar-refractivity contribution is 5.76. The highest BCUT2D eigenvalue weighted by atomic mass is 19.3. The Morgan fingerprint density at radius 2 is 1.89 bits per heavy atom. The Bertz CT molecular complexity index is 935. The number of allylic oxidation sites excluding steroid dienone is 2. The van der Waals surface area contributed by atoms with E-state index < -0.39 is 6.61 Å². The average molecular weight is 387 g/mol. The molecule has 0 unspecified atom stereocenters. The molecule has 8 heteroatoms. The number of alkyl halides is 2.